The molecule has 3 heterocycles. The number of halogens is 1. The highest BCUT2D eigenvalue weighted by atomic mass is 35.5. The molecule has 2 aliphatic heterocycles. The maximum atomic E-state index is 12.6. The van der Waals surface area contributed by atoms with Crippen LogP contribution in [0.15, 0.2) is 18.2 Å². The van der Waals surface area contributed by atoms with E-state index in [1.165, 1.54) is 6.42 Å². The summed E-state index contributed by atoms with van der Waals surface area (Å²) in [4.78, 5) is 25.1. The lowest BCUT2D eigenvalue weighted by atomic mass is 9.96. The van der Waals surface area contributed by atoms with Crippen molar-refractivity contribution >= 4 is 28.5 Å². The maximum absolute atomic E-state index is 12.6. The monoisotopic (exact) mass is 374 g/mol. The minimum absolute atomic E-state index is 0.299. The van der Waals surface area contributed by atoms with Crippen molar-refractivity contribution < 1.29 is 4.79 Å². The number of aromatic nitrogens is 2. The Bertz CT molecular complexity index is 781. The standard InChI is InChI=1S/C20H27ClN4O/c1-14-3-2-8-25(12-14)19(26)13-24-9-6-15(7-10-24)20-22-17-5-4-16(21)11-18(17)23-20/h4-5,11,14-15H,2-3,6-10,12-13H2,1H3,(H,22,23). The highest BCUT2D eigenvalue weighted by Gasteiger charge is 2.27. The van der Waals surface area contributed by atoms with Gasteiger partial charge in [0.1, 0.15) is 5.82 Å². The van der Waals surface area contributed by atoms with Crippen LogP contribution in [0.25, 0.3) is 11.0 Å². The van der Waals surface area contributed by atoms with Crippen molar-refractivity contribution in [2.24, 2.45) is 5.92 Å². The number of benzene rings is 1. The van der Waals surface area contributed by atoms with E-state index < -0.39 is 0 Å². The van der Waals surface area contributed by atoms with Gasteiger partial charge in [0.2, 0.25) is 5.91 Å². The Morgan fingerprint density at radius 1 is 1.27 bits per heavy atom. The van der Waals surface area contributed by atoms with Gasteiger partial charge in [-0.2, -0.15) is 0 Å². The number of fused-ring (bicyclic) bond motifs is 1. The van der Waals surface area contributed by atoms with E-state index in [2.05, 4.69) is 21.7 Å². The van der Waals surface area contributed by atoms with Gasteiger partial charge in [-0.05, 0) is 62.9 Å². The van der Waals surface area contributed by atoms with Crippen molar-refractivity contribution in [3.63, 3.8) is 0 Å². The van der Waals surface area contributed by atoms with Gasteiger partial charge in [-0.15, -0.1) is 0 Å². The molecule has 5 nitrogen and oxygen atoms in total. The molecule has 140 valence electrons. The number of hydrogen-bond donors (Lipinski definition) is 1. The second-order valence-corrected chi connectivity index (χ2v) is 8.36. The van der Waals surface area contributed by atoms with Gasteiger partial charge in [0, 0.05) is 24.0 Å². The van der Waals surface area contributed by atoms with Crippen LogP contribution >= 0.6 is 11.6 Å². The molecule has 2 aliphatic rings. The normalized spacial score (nSPS) is 22.8. The highest BCUT2D eigenvalue weighted by molar-refractivity contribution is 6.31. The van der Waals surface area contributed by atoms with Gasteiger partial charge in [0.15, 0.2) is 0 Å². The van der Waals surface area contributed by atoms with Crippen LogP contribution < -0.4 is 0 Å². The fourth-order valence-corrected chi connectivity index (χ4v) is 4.44. The summed E-state index contributed by atoms with van der Waals surface area (Å²) < 4.78 is 0. The first-order valence-corrected chi connectivity index (χ1v) is 10.1. The van der Waals surface area contributed by atoms with Crippen molar-refractivity contribution in [3.05, 3.63) is 29.0 Å². The second kappa shape index (κ2) is 7.57. The zero-order valence-corrected chi connectivity index (χ0v) is 16.1. The van der Waals surface area contributed by atoms with Crippen molar-refractivity contribution in [3.8, 4) is 0 Å². The molecule has 1 N–H and O–H groups in total. The molecule has 0 spiro atoms. The third kappa shape index (κ3) is 3.89. The van der Waals surface area contributed by atoms with E-state index in [0.29, 0.717) is 24.3 Å². The third-order valence-electron chi connectivity index (χ3n) is 5.81. The summed E-state index contributed by atoms with van der Waals surface area (Å²) in [5, 5.41) is 0.730. The van der Waals surface area contributed by atoms with E-state index in [4.69, 9.17) is 16.6 Å². The number of nitrogens with zero attached hydrogens (tertiary/aromatic N) is 3. The summed E-state index contributed by atoms with van der Waals surface area (Å²) in [6.07, 6.45) is 4.47. The molecule has 0 saturated carbocycles. The molecule has 26 heavy (non-hydrogen) atoms. The molecule has 1 unspecified atom stereocenters. The van der Waals surface area contributed by atoms with Gasteiger partial charge in [0.25, 0.3) is 0 Å². The van der Waals surface area contributed by atoms with Gasteiger partial charge in [-0.25, -0.2) is 4.98 Å². The molecule has 2 saturated heterocycles. The summed E-state index contributed by atoms with van der Waals surface area (Å²) in [6.45, 7) is 6.58. The number of H-pyrrole nitrogens is 1. The number of piperidine rings is 2. The first kappa shape index (κ1) is 17.8. The second-order valence-electron chi connectivity index (χ2n) is 7.92. The fraction of sp³-hybridized carbons (Fsp3) is 0.600. The number of hydrogen-bond acceptors (Lipinski definition) is 3. The van der Waals surface area contributed by atoms with Crippen LogP contribution in [0, 0.1) is 5.92 Å². The van der Waals surface area contributed by atoms with E-state index in [9.17, 15) is 4.79 Å². The lowest BCUT2D eigenvalue weighted by molar-refractivity contribution is -0.134. The number of imidazole rings is 1. The Morgan fingerprint density at radius 2 is 2.08 bits per heavy atom. The molecular weight excluding hydrogens is 348 g/mol. The third-order valence-corrected chi connectivity index (χ3v) is 6.04. The number of likely N-dealkylation sites (tertiary alicyclic amines) is 2. The molecule has 1 aromatic heterocycles. The molecule has 2 fully saturated rings. The van der Waals surface area contributed by atoms with Crippen molar-refractivity contribution in [2.45, 2.75) is 38.5 Å². The Balaban J connectivity index is 1.32. The van der Waals surface area contributed by atoms with E-state index in [0.717, 1.165) is 67.3 Å². The molecule has 1 aromatic carbocycles. The maximum Gasteiger partial charge on any atom is 0.236 e. The van der Waals surface area contributed by atoms with Crippen molar-refractivity contribution in [2.75, 3.05) is 32.7 Å². The van der Waals surface area contributed by atoms with Crippen LogP contribution in [0.3, 0.4) is 0 Å². The lowest BCUT2D eigenvalue weighted by Crippen LogP contribution is -2.46. The fourth-order valence-electron chi connectivity index (χ4n) is 4.27. The van der Waals surface area contributed by atoms with Crippen LogP contribution in [-0.2, 0) is 4.79 Å². The summed E-state index contributed by atoms with van der Waals surface area (Å²) >= 11 is 6.06. The molecule has 0 bridgehead atoms. The average Bonchev–Trinajstić information content (AvgIpc) is 3.05. The van der Waals surface area contributed by atoms with Crippen LogP contribution in [0.1, 0.15) is 44.3 Å². The summed E-state index contributed by atoms with van der Waals surface area (Å²) in [5.74, 6) is 2.43. The van der Waals surface area contributed by atoms with Gasteiger partial charge in [-0.3, -0.25) is 9.69 Å². The Labute approximate surface area is 159 Å². The molecule has 1 amide bonds. The smallest absolute Gasteiger partial charge is 0.236 e. The predicted molar refractivity (Wildman–Crippen MR) is 104 cm³/mol. The van der Waals surface area contributed by atoms with Gasteiger partial charge < -0.3 is 9.88 Å². The first-order chi connectivity index (χ1) is 12.6. The van der Waals surface area contributed by atoms with Gasteiger partial charge >= 0.3 is 0 Å². The topological polar surface area (TPSA) is 52.2 Å². The number of carbonyl (C=O) groups is 1. The van der Waals surface area contributed by atoms with E-state index in [1.807, 2.05) is 18.2 Å². The molecule has 2 aromatic rings. The number of aromatic amines is 1. The Hall–Kier alpha value is -1.59. The van der Waals surface area contributed by atoms with Crippen LogP contribution in [0.4, 0.5) is 0 Å². The largest absolute Gasteiger partial charge is 0.342 e. The minimum Gasteiger partial charge on any atom is -0.342 e. The number of carbonyl (C=O) groups excluding carboxylic acids is 1. The van der Waals surface area contributed by atoms with E-state index >= 15 is 0 Å². The molecule has 1 atom stereocenters. The Morgan fingerprint density at radius 3 is 2.85 bits per heavy atom. The number of rotatable bonds is 3. The molecule has 6 heteroatoms. The van der Waals surface area contributed by atoms with Crippen LogP contribution in [0.5, 0.6) is 0 Å². The minimum atomic E-state index is 0.299. The zero-order valence-electron chi connectivity index (χ0n) is 15.4. The molecule has 4 rings (SSSR count). The quantitative estimate of drug-likeness (QED) is 0.892. The van der Waals surface area contributed by atoms with Gasteiger partial charge in [0.05, 0.1) is 17.6 Å². The molecular formula is C20H27ClN4O. The predicted octanol–water partition coefficient (Wildman–Crippen LogP) is 3.65. The van der Waals surface area contributed by atoms with Crippen LogP contribution in [-0.4, -0.2) is 58.4 Å². The van der Waals surface area contributed by atoms with E-state index in [1.54, 1.807) is 0 Å². The summed E-state index contributed by atoms with van der Waals surface area (Å²) in [5.41, 5.74) is 1.98. The lowest BCUT2D eigenvalue weighted by Gasteiger charge is -2.35. The highest BCUT2D eigenvalue weighted by Crippen LogP contribution is 2.28. The average molecular weight is 375 g/mol. The number of amides is 1. The van der Waals surface area contributed by atoms with Gasteiger partial charge in [-0.1, -0.05) is 18.5 Å². The van der Waals surface area contributed by atoms with Crippen molar-refractivity contribution in [1.82, 2.24) is 19.8 Å². The SMILES string of the molecule is CC1CCCN(C(=O)CN2CCC(c3nc4ccc(Cl)cc4[nH]3)CC2)C1. The first-order valence-electron chi connectivity index (χ1n) is 9.74. The number of nitrogens with one attached hydrogen (secondary N) is 1. The Kier molecular flexibility index (Phi) is 5.18. The van der Waals surface area contributed by atoms with Crippen LogP contribution in [0.2, 0.25) is 5.02 Å². The van der Waals surface area contributed by atoms with Crippen molar-refractivity contribution in [1.29, 1.82) is 0 Å². The molecule has 0 aliphatic carbocycles. The molecule has 0 radical (unpaired) electrons. The zero-order chi connectivity index (χ0) is 18.1. The summed E-state index contributed by atoms with van der Waals surface area (Å²) in [7, 11) is 0. The summed E-state index contributed by atoms with van der Waals surface area (Å²) in [6, 6.07) is 5.77. The van der Waals surface area contributed by atoms with E-state index in [-0.39, 0.29) is 0 Å².